The van der Waals surface area contributed by atoms with Crippen LogP contribution < -0.4 is 10.1 Å². The van der Waals surface area contributed by atoms with Crippen molar-refractivity contribution in [1.29, 1.82) is 5.26 Å². The summed E-state index contributed by atoms with van der Waals surface area (Å²) in [6.07, 6.45) is 0.298. The summed E-state index contributed by atoms with van der Waals surface area (Å²) in [6, 6.07) is 14.5. The zero-order valence-electron chi connectivity index (χ0n) is 13.2. The van der Waals surface area contributed by atoms with Gasteiger partial charge in [-0.2, -0.15) is 5.26 Å². The summed E-state index contributed by atoms with van der Waals surface area (Å²) in [7, 11) is -3.28. The molecule has 0 aliphatic carbocycles. The van der Waals surface area contributed by atoms with Gasteiger partial charge >= 0.3 is 0 Å². The van der Waals surface area contributed by atoms with Gasteiger partial charge in [0.1, 0.15) is 11.8 Å². The first-order chi connectivity index (χ1) is 11.3. The Morgan fingerprint density at radius 2 is 1.79 bits per heavy atom. The third kappa shape index (κ3) is 4.33. The Balaban J connectivity index is 2.05. The smallest absolute Gasteiger partial charge is 0.265 e. The summed E-state index contributed by atoms with van der Waals surface area (Å²) in [4.78, 5) is 12.3. The van der Waals surface area contributed by atoms with Crippen LogP contribution in [-0.2, 0) is 14.6 Å². The highest BCUT2D eigenvalue weighted by atomic mass is 32.2. The Kier molecular flexibility index (Phi) is 5.21. The maximum absolute atomic E-state index is 12.2. The summed E-state index contributed by atoms with van der Waals surface area (Å²) in [5.74, 6) is -0.0384. The molecule has 0 radical (unpaired) electrons. The van der Waals surface area contributed by atoms with Gasteiger partial charge in [-0.1, -0.05) is 12.1 Å². The number of ether oxygens (including phenoxy) is 1. The van der Waals surface area contributed by atoms with E-state index in [1.165, 1.54) is 24.3 Å². The van der Waals surface area contributed by atoms with Gasteiger partial charge in [0.05, 0.1) is 16.1 Å². The van der Waals surface area contributed by atoms with Crippen LogP contribution in [0.4, 0.5) is 5.69 Å². The van der Waals surface area contributed by atoms with Crippen molar-refractivity contribution in [3.8, 4) is 11.8 Å². The second-order valence-corrected chi connectivity index (χ2v) is 7.17. The molecule has 0 saturated carbocycles. The number of nitrogens with zero attached hydrogens (tertiary/aromatic N) is 1. The first-order valence-corrected chi connectivity index (χ1v) is 8.97. The van der Waals surface area contributed by atoms with Crippen molar-refractivity contribution < 1.29 is 17.9 Å². The Morgan fingerprint density at radius 1 is 1.17 bits per heavy atom. The molecule has 0 saturated heterocycles. The SMILES string of the molecule is CC(Oc1ccc(S(C)(=O)=O)cc1)C(=O)Nc1ccccc1C#N. The Labute approximate surface area is 140 Å². The van der Waals surface area contributed by atoms with Crippen LogP contribution in [0.5, 0.6) is 5.75 Å². The highest BCUT2D eigenvalue weighted by Gasteiger charge is 2.16. The van der Waals surface area contributed by atoms with E-state index in [1.807, 2.05) is 6.07 Å². The molecule has 1 amide bonds. The van der Waals surface area contributed by atoms with Gasteiger partial charge < -0.3 is 10.1 Å². The number of para-hydroxylation sites is 1. The van der Waals surface area contributed by atoms with Crippen LogP contribution in [0, 0.1) is 11.3 Å². The number of carbonyl (C=O) groups excluding carboxylic acids is 1. The van der Waals surface area contributed by atoms with Gasteiger partial charge in [-0.25, -0.2) is 8.42 Å². The summed E-state index contributed by atoms with van der Waals surface area (Å²) in [5, 5.41) is 11.6. The van der Waals surface area contributed by atoms with Gasteiger partial charge in [0, 0.05) is 6.26 Å². The average molecular weight is 344 g/mol. The lowest BCUT2D eigenvalue weighted by molar-refractivity contribution is -0.122. The zero-order valence-corrected chi connectivity index (χ0v) is 14.0. The van der Waals surface area contributed by atoms with E-state index in [-0.39, 0.29) is 4.90 Å². The molecule has 1 atom stereocenters. The van der Waals surface area contributed by atoms with Crippen LogP contribution in [0.1, 0.15) is 12.5 Å². The summed E-state index contributed by atoms with van der Waals surface area (Å²) < 4.78 is 28.3. The topological polar surface area (TPSA) is 96.3 Å². The first kappa shape index (κ1) is 17.5. The summed E-state index contributed by atoms with van der Waals surface area (Å²) >= 11 is 0. The molecule has 2 aromatic rings. The van der Waals surface area contributed by atoms with E-state index < -0.39 is 21.8 Å². The number of nitrogens with one attached hydrogen (secondary N) is 1. The first-order valence-electron chi connectivity index (χ1n) is 7.08. The van der Waals surface area contributed by atoms with Crippen LogP contribution in [0.3, 0.4) is 0 Å². The molecule has 2 aromatic carbocycles. The lowest BCUT2D eigenvalue weighted by atomic mass is 10.2. The van der Waals surface area contributed by atoms with Crippen molar-refractivity contribution in [1.82, 2.24) is 0 Å². The third-order valence-electron chi connectivity index (χ3n) is 3.24. The van der Waals surface area contributed by atoms with Crippen molar-refractivity contribution in [3.63, 3.8) is 0 Å². The van der Waals surface area contributed by atoms with Crippen molar-refractivity contribution in [2.24, 2.45) is 0 Å². The number of hydrogen-bond acceptors (Lipinski definition) is 5. The minimum Gasteiger partial charge on any atom is -0.481 e. The largest absolute Gasteiger partial charge is 0.481 e. The van der Waals surface area contributed by atoms with Gasteiger partial charge in [-0.3, -0.25) is 4.79 Å². The number of rotatable bonds is 5. The van der Waals surface area contributed by atoms with Crippen LogP contribution in [-0.4, -0.2) is 26.7 Å². The van der Waals surface area contributed by atoms with Gasteiger partial charge in [0.25, 0.3) is 5.91 Å². The van der Waals surface area contributed by atoms with E-state index in [4.69, 9.17) is 10.00 Å². The highest BCUT2D eigenvalue weighted by Crippen LogP contribution is 2.18. The van der Waals surface area contributed by atoms with Crippen LogP contribution >= 0.6 is 0 Å². The van der Waals surface area contributed by atoms with Crippen molar-refractivity contribution in [3.05, 3.63) is 54.1 Å². The number of carbonyl (C=O) groups is 1. The zero-order chi connectivity index (χ0) is 17.7. The molecule has 0 spiro atoms. The molecule has 124 valence electrons. The Hall–Kier alpha value is -2.85. The second kappa shape index (κ2) is 7.15. The molecule has 24 heavy (non-hydrogen) atoms. The molecule has 1 unspecified atom stereocenters. The molecule has 0 bridgehead atoms. The van der Waals surface area contributed by atoms with Crippen molar-refractivity contribution in [2.45, 2.75) is 17.9 Å². The highest BCUT2D eigenvalue weighted by molar-refractivity contribution is 7.90. The molecule has 7 heteroatoms. The summed E-state index contributed by atoms with van der Waals surface area (Å²) in [6.45, 7) is 1.56. The molecular weight excluding hydrogens is 328 g/mol. The monoisotopic (exact) mass is 344 g/mol. The fourth-order valence-electron chi connectivity index (χ4n) is 1.95. The molecule has 2 rings (SSSR count). The van der Waals surface area contributed by atoms with Gasteiger partial charge in [-0.05, 0) is 43.3 Å². The average Bonchev–Trinajstić information content (AvgIpc) is 2.55. The number of sulfone groups is 1. The molecule has 0 aliphatic rings. The van der Waals surface area contributed by atoms with E-state index in [2.05, 4.69) is 5.32 Å². The Bertz CT molecular complexity index is 884. The minimum absolute atomic E-state index is 0.176. The number of anilines is 1. The number of hydrogen-bond donors (Lipinski definition) is 1. The molecule has 1 N–H and O–H groups in total. The molecule has 0 fully saturated rings. The molecule has 0 aliphatic heterocycles. The molecule has 0 aromatic heterocycles. The number of nitriles is 1. The minimum atomic E-state index is -3.28. The van der Waals surface area contributed by atoms with Gasteiger partial charge in [-0.15, -0.1) is 0 Å². The van der Waals surface area contributed by atoms with Crippen molar-refractivity contribution in [2.75, 3.05) is 11.6 Å². The van der Waals surface area contributed by atoms with Gasteiger partial charge in [0.2, 0.25) is 0 Å². The molecule has 6 nitrogen and oxygen atoms in total. The molecule has 0 heterocycles. The summed E-state index contributed by atoms with van der Waals surface area (Å²) in [5.41, 5.74) is 0.767. The molecular formula is C17H16N2O4S. The number of benzene rings is 2. The second-order valence-electron chi connectivity index (χ2n) is 5.15. The number of amides is 1. The van der Waals surface area contributed by atoms with Crippen LogP contribution in [0.25, 0.3) is 0 Å². The van der Waals surface area contributed by atoms with E-state index in [9.17, 15) is 13.2 Å². The maximum Gasteiger partial charge on any atom is 0.265 e. The predicted octanol–water partition coefficient (Wildman–Crippen LogP) is 2.37. The van der Waals surface area contributed by atoms with Gasteiger partial charge in [0.15, 0.2) is 15.9 Å². The fourth-order valence-corrected chi connectivity index (χ4v) is 2.58. The quantitative estimate of drug-likeness (QED) is 0.898. The normalized spacial score (nSPS) is 12.0. The predicted molar refractivity (Wildman–Crippen MR) is 89.4 cm³/mol. The van der Waals surface area contributed by atoms with E-state index >= 15 is 0 Å². The van der Waals surface area contributed by atoms with E-state index in [0.717, 1.165) is 6.26 Å². The lowest BCUT2D eigenvalue weighted by Gasteiger charge is -2.15. The van der Waals surface area contributed by atoms with E-state index in [0.29, 0.717) is 17.0 Å². The standard InChI is InChI=1S/C17H16N2O4S/c1-12(17(20)19-16-6-4-3-5-13(16)11-18)23-14-7-9-15(10-8-14)24(2,21)22/h3-10,12H,1-2H3,(H,19,20). The lowest BCUT2D eigenvalue weighted by Crippen LogP contribution is -2.30. The fraction of sp³-hybridized carbons (Fsp3) is 0.176. The van der Waals surface area contributed by atoms with Crippen LogP contribution in [0.2, 0.25) is 0 Å². The third-order valence-corrected chi connectivity index (χ3v) is 4.37. The van der Waals surface area contributed by atoms with Crippen LogP contribution in [0.15, 0.2) is 53.4 Å². The van der Waals surface area contributed by atoms with E-state index in [1.54, 1.807) is 31.2 Å². The Morgan fingerprint density at radius 3 is 2.38 bits per heavy atom. The van der Waals surface area contributed by atoms with Crippen molar-refractivity contribution >= 4 is 21.4 Å². The maximum atomic E-state index is 12.2.